The fourth-order valence-corrected chi connectivity index (χ4v) is 3.03. The van der Waals surface area contributed by atoms with Crippen molar-refractivity contribution in [3.8, 4) is 11.3 Å². The molecule has 0 saturated carbocycles. The van der Waals surface area contributed by atoms with Gasteiger partial charge < -0.3 is 5.32 Å². The summed E-state index contributed by atoms with van der Waals surface area (Å²) in [5.74, 6) is 0. The fraction of sp³-hybridized carbons (Fsp3) is 0.308. The summed E-state index contributed by atoms with van der Waals surface area (Å²) in [6.07, 6.45) is 1.21. The van der Waals surface area contributed by atoms with Crippen LogP contribution in [0.1, 0.15) is 11.9 Å². The summed E-state index contributed by atoms with van der Waals surface area (Å²) < 4.78 is 22.8. The summed E-state index contributed by atoms with van der Waals surface area (Å²) in [6, 6.07) is 6.83. The largest absolute Gasteiger partial charge is 0.311 e. The molecule has 0 atom stereocenters. The SMILES string of the molecule is CCNCc1nc(-c2ccc(S(C)(=O)=O)cc2)cs1. The molecule has 6 heteroatoms. The zero-order chi connectivity index (χ0) is 13.9. The molecular weight excluding hydrogens is 280 g/mol. The van der Waals surface area contributed by atoms with Gasteiger partial charge in [-0.2, -0.15) is 0 Å². The van der Waals surface area contributed by atoms with E-state index in [0.717, 1.165) is 29.4 Å². The predicted octanol–water partition coefficient (Wildman–Crippen LogP) is 2.32. The lowest BCUT2D eigenvalue weighted by molar-refractivity contribution is 0.602. The van der Waals surface area contributed by atoms with Crippen LogP contribution in [0.25, 0.3) is 11.3 Å². The monoisotopic (exact) mass is 296 g/mol. The first kappa shape index (κ1) is 14.2. The van der Waals surface area contributed by atoms with Crippen molar-refractivity contribution in [2.75, 3.05) is 12.8 Å². The second-order valence-electron chi connectivity index (χ2n) is 4.20. The maximum atomic E-state index is 11.4. The average Bonchev–Trinajstić information content (AvgIpc) is 2.84. The molecule has 2 rings (SSSR count). The lowest BCUT2D eigenvalue weighted by Gasteiger charge is -2.00. The number of hydrogen-bond donors (Lipinski definition) is 1. The molecular formula is C13H16N2O2S2. The van der Waals surface area contributed by atoms with E-state index in [2.05, 4.69) is 17.2 Å². The van der Waals surface area contributed by atoms with Gasteiger partial charge in [0.1, 0.15) is 5.01 Å². The van der Waals surface area contributed by atoms with Crippen LogP contribution in [-0.4, -0.2) is 26.2 Å². The highest BCUT2D eigenvalue weighted by Crippen LogP contribution is 2.23. The Labute approximate surface area is 117 Å². The van der Waals surface area contributed by atoms with Gasteiger partial charge in [-0.1, -0.05) is 19.1 Å². The summed E-state index contributed by atoms with van der Waals surface area (Å²) in [5.41, 5.74) is 1.82. The van der Waals surface area contributed by atoms with Crippen LogP contribution in [0.2, 0.25) is 0 Å². The van der Waals surface area contributed by atoms with E-state index >= 15 is 0 Å². The van der Waals surface area contributed by atoms with Crippen molar-refractivity contribution in [2.24, 2.45) is 0 Å². The summed E-state index contributed by atoms with van der Waals surface area (Å²) in [5, 5.41) is 6.25. The topological polar surface area (TPSA) is 59.1 Å². The second-order valence-corrected chi connectivity index (χ2v) is 7.16. The highest BCUT2D eigenvalue weighted by Gasteiger charge is 2.08. The minimum absolute atomic E-state index is 0.333. The number of hydrogen-bond acceptors (Lipinski definition) is 5. The van der Waals surface area contributed by atoms with Gasteiger partial charge in [-0.05, 0) is 18.7 Å². The quantitative estimate of drug-likeness (QED) is 0.920. The molecule has 0 spiro atoms. The number of nitrogens with zero attached hydrogens (tertiary/aromatic N) is 1. The lowest BCUT2D eigenvalue weighted by Crippen LogP contribution is -2.11. The summed E-state index contributed by atoms with van der Waals surface area (Å²) in [6.45, 7) is 3.74. The molecule has 1 aromatic heterocycles. The second kappa shape index (κ2) is 5.81. The maximum absolute atomic E-state index is 11.4. The van der Waals surface area contributed by atoms with Gasteiger partial charge in [0, 0.05) is 23.7 Å². The molecule has 0 saturated heterocycles. The van der Waals surface area contributed by atoms with Crippen molar-refractivity contribution in [2.45, 2.75) is 18.4 Å². The third-order valence-corrected chi connectivity index (χ3v) is 4.63. The molecule has 0 aliphatic carbocycles. The van der Waals surface area contributed by atoms with Crippen molar-refractivity contribution >= 4 is 21.2 Å². The Morgan fingerprint density at radius 2 is 1.95 bits per heavy atom. The highest BCUT2D eigenvalue weighted by molar-refractivity contribution is 7.90. The number of nitrogens with one attached hydrogen (secondary N) is 1. The van der Waals surface area contributed by atoms with E-state index in [4.69, 9.17) is 0 Å². The van der Waals surface area contributed by atoms with Crippen LogP contribution < -0.4 is 5.32 Å². The van der Waals surface area contributed by atoms with Gasteiger partial charge in [0.2, 0.25) is 0 Å². The Hall–Kier alpha value is -1.24. The van der Waals surface area contributed by atoms with E-state index in [9.17, 15) is 8.42 Å². The van der Waals surface area contributed by atoms with Crippen molar-refractivity contribution in [3.05, 3.63) is 34.7 Å². The smallest absolute Gasteiger partial charge is 0.175 e. The van der Waals surface area contributed by atoms with Crippen LogP contribution in [0, 0.1) is 0 Å². The zero-order valence-electron chi connectivity index (χ0n) is 10.9. The van der Waals surface area contributed by atoms with Gasteiger partial charge in [-0.3, -0.25) is 0 Å². The fourth-order valence-electron chi connectivity index (χ4n) is 1.63. The molecule has 1 aromatic carbocycles. The maximum Gasteiger partial charge on any atom is 0.175 e. The minimum atomic E-state index is -3.14. The lowest BCUT2D eigenvalue weighted by atomic mass is 10.2. The van der Waals surface area contributed by atoms with E-state index in [1.165, 1.54) is 6.26 Å². The first-order valence-corrected chi connectivity index (χ1v) is 8.73. The molecule has 1 N–H and O–H groups in total. The summed E-state index contributed by atoms with van der Waals surface area (Å²) in [4.78, 5) is 4.85. The Kier molecular flexibility index (Phi) is 4.34. The Balaban J connectivity index is 2.20. The third kappa shape index (κ3) is 3.62. The van der Waals surface area contributed by atoms with E-state index in [-0.39, 0.29) is 0 Å². The molecule has 102 valence electrons. The van der Waals surface area contributed by atoms with Crippen molar-refractivity contribution in [1.29, 1.82) is 0 Å². The molecule has 1 heterocycles. The molecule has 19 heavy (non-hydrogen) atoms. The van der Waals surface area contributed by atoms with Crippen LogP contribution >= 0.6 is 11.3 Å². The molecule has 2 aromatic rings. The minimum Gasteiger partial charge on any atom is -0.311 e. The standard InChI is InChI=1S/C13H16N2O2S2/c1-3-14-8-13-15-12(9-18-13)10-4-6-11(7-5-10)19(2,16)17/h4-7,9,14H,3,8H2,1-2H3. The first-order chi connectivity index (χ1) is 9.00. The van der Waals surface area contributed by atoms with E-state index in [0.29, 0.717) is 4.90 Å². The van der Waals surface area contributed by atoms with E-state index in [1.807, 2.05) is 5.38 Å². The number of rotatable bonds is 5. The normalized spacial score (nSPS) is 11.7. The van der Waals surface area contributed by atoms with Gasteiger partial charge >= 0.3 is 0 Å². The van der Waals surface area contributed by atoms with Gasteiger partial charge in [0.15, 0.2) is 9.84 Å². The van der Waals surface area contributed by atoms with Crippen LogP contribution in [0.5, 0.6) is 0 Å². The molecule has 0 bridgehead atoms. The third-order valence-electron chi connectivity index (χ3n) is 2.66. The zero-order valence-corrected chi connectivity index (χ0v) is 12.5. The van der Waals surface area contributed by atoms with Gasteiger partial charge in [-0.25, -0.2) is 13.4 Å². The number of benzene rings is 1. The Morgan fingerprint density at radius 1 is 1.26 bits per heavy atom. The first-order valence-electron chi connectivity index (χ1n) is 5.96. The van der Waals surface area contributed by atoms with Crippen molar-refractivity contribution in [1.82, 2.24) is 10.3 Å². The van der Waals surface area contributed by atoms with Crippen LogP contribution in [-0.2, 0) is 16.4 Å². The van der Waals surface area contributed by atoms with Gasteiger partial charge in [0.25, 0.3) is 0 Å². The Bertz CT molecular complexity index is 646. The molecule has 4 nitrogen and oxygen atoms in total. The highest BCUT2D eigenvalue weighted by atomic mass is 32.2. The summed E-state index contributed by atoms with van der Waals surface area (Å²) in [7, 11) is -3.14. The van der Waals surface area contributed by atoms with Gasteiger partial charge in [0.05, 0.1) is 10.6 Å². The number of sulfone groups is 1. The van der Waals surface area contributed by atoms with Crippen molar-refractivity contribution in [3.63, 3.8) is 0 Å². The average molecular weight is 296 g/mol. The molecule has 0 unspecified atom stereocenters. The van der Waals surface area contributed by atoms with Crippen LogP contribution in [0.4, 0.5) is 0 Å². The Morgan fingerprint density at radius 3 is 2.53 bits per heavy atom. The van der Waals surface area contributed by atoms with Crippen LogP contribution in [0.3, 0.4) is 0 Å². The van der Waals surface area contributed by atoms with E-state index < -0.39 is 9.84 Å². The molecule has 0 radical (unpaired) electrons. The van der Waals surface area contributed by atoms with Crippen molar-refractivity contribution < 1.29 is 8.42 Å². The predicted molar refractivity (Wildman–Crippen MR) is 78.0 cm³/mol. The van der Waals surface area contributed by atoms with Crippen LogP contribution in [0.15, 0.2) is 34.5 Å². The molecule has 0 amide bonds. The number of aromatic nitrogens is 1. The van der Waals surface area contributed by atoms with E-state index in [1.54, 1.807) is 35.6 Å². The molecule has 0 fully saturated rings. The number of thiazole rings is 1. The molecule has 0 aliphatic heterocycles. The van der Waals surface area contributed by atoms with Gasteiger partial charge in [-0.15, -0.1) is 11.3 Å². The molecule has 0 aliphatic rings. The summed E-state index contributed by atoms with van der Waals surface area (Å²) >= 11 is 1.60.